The summed E-state index contributed by atoms with van der Waals surface area (Å²) in [5.41, 5.74) is 3.78. The van der Waals surface area contributed by atoms with Gasteiger partial charge in [0.25, 0.3) is 5.91 Å². The van der Waals surface area contributed by atoms with Crippen LogP contribution in [0.4, 0.5) is 5.13 Å². The lowest BCUT2D eigenvalue weighted by Crippen LogP contribution is -2.34. The van der Waals surface area contributed by atoms with Crippen LogP contribution < -0.4 is 4.90 Å². The fraction of sp³-hybridized carbons (Fsp3) is 0.250. The number of carbonyl (C=O) groups is 1. The van der Waals surface area contributed by atoms with E-state index in [0.29, 0.717) is 23.8 Å². The zero-order valence-electron chi connectivity index (χ0n) is 15.1. The minimum Gasteiger partial charge on any atom is -0.383 e. The second-order valence-electron chi connectivity index (χ2n) is 6.02. The molecule has 0 unspecified atom stereocenters. The Morgan fingerprint density at radius 2 is 1.81 bits per heavy atom. The molecule has 0 saturated heterocycles. The van der Waals surface area contributed by atoms with Crippen LogP contribution in [-0.4, -0.2) is 36.4 Å². The molecule has 0 aliphatic rings. The van der Waals surface area contributed by atoms with Crippen LogP contribution in [0.5, 0.6) is 0 Å². The molecule has 0 saturated carbocycles. The summed E-state index contributed by atoms with van der Waals surface area (Å²) in [5.74, 6) is -0.0910. The largest absolute Gasteiger partial charge is 0.383 e. The average molecular weight is 367 g/mol. The summed E-state index contributed by atoms with van der Waals surface area (Å²) in [5, 5.41) is 9.91. The number of aryl methyl sites for hydroxylation is 2. The van der Waals surface area contributed by atoms with E-state index in [0.717, 1.165) is 16.1 Å². The summed E-state index contributed by atoms with van der Waals surface area (Å²) in [6.07, 6.45) is 0. The second kappa shape index (κ2) is 8.21. The third kappa shape index (κ3) is 3.98. The zero-order valence-corrected chi connectivity index (χ0v) is 15.9. The van der Waals surface area contributed by atoms with Crippen LogP contribution in [0.1, 0.15) is 21.5 Å². The monoisotopic (exact) mass is 367 g/mol. The summed E-state index contributed by atoms with van der Waals surface area (Å²) in [6.45, 7) is 4.82. The van der Waals surface area contributed by atoms with E-state index in [4.69, 9.17) is 4.74 Å². The Hall–Kier alpha value is -2.57. The van der Waals surface area contributed by atoms with Gasteiger partial charge in [0.1, 0.15) is 5.01 Å². The van der Waals surface area contributed by atoms with E-state index >= 15 is 0 Å². The number of aromatic nitrogens is 2. The fourth-order valence-corrected chi connectivity index (χ4v) is 3.44. The van der Waals surface area contributed by atoms with Gasteiger partial charge in [0.15, 0.2) is 0 Å². The number of benzene rings is 2. The van der Waals surface area contributed by atoms with Crippen molar-refractivity contribution in [3.63, 3.8) is 0 Å². The van der Waals surface area contributed by atoms with Gasteiger partial charge >= 0.3 is 0 Å². The fourth-order valence-electron chi connectivity index (χ4n) is 2.56. The molecule has 0 bridgehead atoms. The standard InChI is InChI=1S/C20H21N3O2S/c1-14-8-10-16(11-9-14)18-21-22-20(26-18)23(12-13-25-3)19(24)17-7-5-4-6-15(17)2/h4-11H,12-13H2,1-3H3. The summed E-state index contributed by atoms with van der Waals surface area (Å²) in [4.78, 5) is 14.7. The highest BCUT2D eigenvalue weighted by atomic mass is 32.1. The molecule has 1 amide bonds. The Morgan fingerprint density at radius 1 is 1.08 bits per heavy atom. The van der Waals surface area contributed by atoms with Gasteiger partial charge in [0.2, 0.25) is 5.13 Å². The van der Waals surface area contributed by atoms with Crippen molar-refractivity contribution in [3.8, 4) is 10.6 Å². The van der Waals surface area contributed by atoms with E-state index in [2.05, 4.69) is 10.2 Å². The maximum absolute atomic E-state index is 13.1. The third-order valence-electron chi connectivity index (χ3n) is 4.08. The van der Waals surface area contributed by atoms with E-state index in [9.17, 15) is 4.79 Å². The first kappa shape index (κ1) is 18.2. The Balaban J connectivity index is 1.92. The number of ether oxygens (including phenoxy) is 1. The van der Waals surface area contributed by atoms with Crippen molar-refractivity contribution in [2.24, 2.45) is 0 Å². The molecule has 0 spiro atoms. The average Bonchev–Trinajstić information content (AvgIpc) is 3.12. The topological polar surface area (TPSA) is 55.3 Å². The summed E-state index contributed by atoms with van der Waals surface area (Å²) < 4.78 is 5.18. The number of rotatable bonds is 6. The number of hydrogen-bond acceptors (Lipinski definition) is 5. The number of anilines is 1. The number of hydrogen-bond donors (Lipinski definition) is 0. The Morgan fingerprint density at radius 3 is 2.50 bits per heavy atom. The minimum atomic E-state index is -0.0910. The van der Waals surface area contributed by atoms with Crippen LogP contribution in [0, 0.1) is 13.8 Å². The predicted molar refractivity (Wildman–Crippen MR) is 105 cm³/mol. The highest BCUT2D eigenvalue weighted by molar-refractivity contribution is 7.18. The lowest BCUT2D eigenvalue weighted by Gasteiger charge is -2.19. The molecule has 0 radical (unpaired) electrons. The number of nitrogens with zero attached hydrogens (tertiary/aromatic N) is 3. The first-order chi connectivity index (χ1) is 12.6. The third-order valence-corrected chi connectivity index (χ3v) is 5.08. The van der Waals surface area contributed by atoms with E-state index in [1.54, 1.807) is 12.0 Å². The van der Waals surface area contributed by atoms with Gasteiger partial charge in [0.05, 0.1) is 13.2 Å². The first-order valence-electron chi connectivity index (χ1n) is 8.37. The molecule has 0 aliphatic heterocycles. The predicted octanol–water partition coefficient (Wildman–Crippen LogP) is 4.12. The van der Waals surface area contributed by atoms with E-state index in [-0.39, 0.29) is 5.91 Å². The van der Waals surface area contributed by atoms with Gasteiger partial charge in [0, 0.05) is 18.2 Å². The summed E-state index contributed by atoms with van der Waals surface area (Å²) in [7, 11) is 1.62. The second-order valence-corrected chi connectivity index (χ2v) is 6.98. The molecule has 26 heavy (non-hydrogen) atoms. The highest BCUT2D eigenvalue weighted by Crippen LogP contribution is 2.30. The minimum absolute atomic E-state index is 0.0910. The maximum atomic E-state index is 13.1. The molecule has 1 heterocycles. The molecule has 0 fully saturated rings. The van der Waals surface area contributed by atoms with Gasteiger partial charge in [-0.1, -0.05) is 59.4 Å². The highest BCUT2D eigenvalue weighted by Gasteiger charge is 2.22. The zero-order chi connectivity index (χ0) is 18.5. The lowest BCUT2D eigenvalue weighted by atomic mass is 10.1. The van der Waals surface area contributed by atoms with Gasteiger partial charge in [-0.3, -0.25) is 9.69 Å². The molecular formula is C20H21N3O2S. The van der Waals surface area contributed by atoms with Crippen molar-refractivity contribution in [1.29, 1.82) is 0 Å². The molecule has 5 nitrogen and oxygen atoms in total. The lowest BCUT2D eigenvalue weighted by molar-refractivity contribution is 0.0975. The van der Waals surface area contributed by atoms with Gasteiger partial charge in [-0.25, -0.2) is 0 Å². The van der Waals surface area contributed by atoms with Crippen molar-refractivity contribution < 1.29 is 9.53 Å². The van der Waals surface area contributed by atoms with Crippen molar-refractivity contribution in [2.45, 2.75) is 13.8 Å². The SMILES string of the molecule is COCCN(C(=O)c1ccccc1C)c1nnc(-c2ccc(C)cc2)s1. The molecule has 2 aromatic carbocycles. The van der Waals surface area contributed by atoms with E-state index in [1.807, 2.05) is 62.4 Å². The molecule has 3 aromatic rings. The van der Waals surface area contributed by atoms with Crippen molar-refractivity contribution in [2.75, 3.05) is 25.2 Å². The van der Waals surface area contributed by atoms with Crippen molar-refractivity contribution in [1.82, 2.24) is 10.2 Å². The van der Waals surface area contributed by atoms with Crippen LogP contribution in [0.2, 0.25) is 0 Å². The van der Waals surface area contributed by atoms with Gasteiger partial charge in [-0.15, -0.1) is 10.2 Å². The smallest absolute Gasteiger partial charge is 0.260 e. The Kier molecular flexibility index (Phi) is 5.75. The summed E-state index contributed by atoms with van der Waals surface area (Å²) in [6, 6.07) is 15.7. The Bertz CT molecular complexity index is 890. The van der Waals surface area contributed by atoms with E-state index in [1.165, 1.54) is 16.9 Å². The summed E-state index contributed by atoms with van der Waals surface area (Å²) >= 11 is 1.41. The molecule has 0 atom stereocenters. The van der Waals surface area contributed by atoms with Gasteiger partial charge in [-0.05, 0) is 25.5 Å². The molecule has 0 N–H and O–H groups in total. The van der Waals surface area contributed by atoms with Crippen LogP contribution >= 0.6 is 11.3 Å². The van der Waals surface area contributed by atoms with Crippen LogP contribution in [0.25, 0.3) is 10.6 Å². The Labute approximate surface area is 157 Å². The van der Waals surface area contributed by atoms with Crippen molar-refractivity contribution in [3.05, 3.63) is 65.2 Å². The molecule has 3 rings (SSSR count). The number of amides is 1. The van der Waals surface area contributed by atoms with Crippen LogP contribution in [0.15, 0.2) is 48.5 Å². The maximum Gasteiger partial charge on any atom is 0.260 e. The molecule has 134 valence electrons. The van der Waals surface area contributed by atoms with E-state index < -0.39 is 0 Å². The number of methoxy groups -OCH3 is 1. The molecular weight excluding hydrogens is 346 g/mol. The van der Waals surface area contributed by atoms with Crippen molar-refractivity contribution >= 4 is 22.4 Å². The van der Waals surface area contributed by atoms with Gasteiger partial charge in [-0.2, -0.15) is 0 Å². The first-order valence-corrected chi connectivity index (χ1v) is 9.19. The molecule has 1 aromatic heterocycles. The molecule has 0 aliphatic carbocycles. The quantitative estimate of drug-likeness (QED) is 0.658. The molecule has 6 heteroatoms. The normalized spacial score (nSPS) is 10.7. The van der Waals surface area contributed by atoms with Crippen LogP contribution in [0.3, 0.4) is 0 Å². The number of carbonyl (C=O) groups excluding carboxylic acids is 1. The van der Waals surface area contributed by atoms with Crippen LogP contribution in [-0.2, 0) is 4.74 Å². The van der Waals surface area contributed by atoms with Gasteiger partial charge < -0.3 is 4.74 Å².